The Morgan fingerprint density at radius 2 is 1.36 bits per heavy atom. The fourth-order valence-electron chi connectivity index (χ4n) is 7.77. The Bertz CT molecular complexity index is 975. The van der Waals surface area contributed by atoms with E-state index >= 15 is 0 Å². The highest BCUT2D eigenvalue weighted by Crippen LogP contribution is 2.61. The molecule has 2 aromatic rings. The molecule has 33 heavy (non-hydrogen) atoms. The van der Waals surface area contributed by atoms with Crippen LogP contribution in [0.4, 0.5) is 0 Å². The third-order valence-electron chi connectivity index (χ3n) is 8.84. The molecule has 5 fully saturated rings. The summed E-state index contributed by atoms with van der Waals surface area (Å²) in [6.45, 7) is 2.80. The van der Waals surface area contributed by atoms with Gasteiger partial charge in [0.25, 0.3) is 5.91 Å². The summed E-state index contributed by atoms with van der Waals surface area (Å²) in [5.74, 6) is 3.05. The molecule has 2 heterocycles. The van der Waals surface area contributed by atoms with Crippen LogP contribution in [0.5, 0.6) is 0 Å². The van der Waals surface area contributed by atoms with Crippen LogP contribution in [-0.2, 0) is 4.79 Å². The lowest BCUT2D eigenvalue weighted by Crippen LogP contribution is -2.48. The van der Waals surface area contributed by atoms with E-state index in [1.165, 1.54) is 38.5 Å². The number of benzene rings is 1. The van der Waals surface area contributed by atoms with Crippen molar-refractivity contribution in [2.24, 2.45) is 23.2 Å². The number of aromatic nitrogens is 1. The average molecular weight is 446 g/mol. The zero-order valence-electron chi connectivity index (χ0n) is 19.5. The molecule has 4 bridgehead atoms. The summed E-state index contributed by atoms with van der Waals surface area (Å²) in [5.41, 5.74) is 2.06. The van der Waals surface area contributed by atoms with Gasteiger partial charge in [0.2, 0.25) is 5.91 Å². The highest BCUT2D eigenvalue weighted by Gasteiger charge is 2.51. The van der Waals surface area contributed by atoms with Gasteiger partial charge in [-0.3, -0.25) is 9.59 Å². The Labute approximate surface area is 196 Å². The van der Waals surface area contributed by atoms with Gasteiger partial charge < -0.3 is 14.4 Å². The fraction of sp³-hybridized carbons (Fsp3) is 0.571. The van der Waals surface area contributed by atoms with Crippen LogP contribution in [0.15, 0.2) is 48.8 Å². The molecule has 0 unspecified atom stereocenters. The van der Waals surface area contributed by atoms with E-state index in [1.54, 1.807) is 0 Å². The second-order valence-corrected chi connectivity index (χ2v) is 11.3. The lowest BCUT2D eigenvalue weighted by molar-refractivity contribution is -0.139. The van der Waals surface area contributed by atoms with E-state index in [1.807, 2.05) is 58.3 Å². The van der Waals surface area contributed by atoms with Crippen molar-refractivity contribution in [3.8, 4) is 5.69 Å². The van der Waals surface area contributed by atoms with Crippen LogP contribution in [0.2, 0.25) is 0 Å². The van der Waals surface area contributed by atoms with Gasteiger partial charge in [-0.1, -0.05) is 0 Å². The van der Waals surface area contributed by atoms with Crippen LogP contribution < -0.4 is 0 Å². The van der Waals surface area contributed by atoms with Gasteiger partial charge in [-0.2, -0.15) is 0 Å². The van der Waals surface area contributed by atoms with Crippen molar-refractivity contribution < 1.29 is 9.59 Å². The molecule has 1 aliphatic heterocycles. The van der Waals surface area contributed by atoms with E-state index in [4.69, 9.17) is 0 Å². The minimum absolute atomic E-state index is 0.0736. The summed E-state index contributed by atoms with van der Waals surface area (Å²) >= 11 is 0. The van der Waals surface area contributed by atoms with Gasteiger partial charge in [-0.15, -0.1) is 0 Å². The van der Waals surface area contributed by atoms with Crippen molar-refractivity contribution in [3.63, 3.8) is 0 Å². The van der Waals surface area contributed by atoms with E-state index < -0.39 is 0 Å². The number of hydrogen-bond donors (Lipinski definition) is 0. The maximum atomic E-state index is 13.4. The molecular weight excluding hydrogens is 410 g/mol. The number of carbonyl (C=O) groups is 2. The van der Waals surface area contributed by atoms with Crippen molar-refractivity contribution in [3.05, 3.63) is 54.4 Å². The van der Waals surface area contributed by atoms with Crippen LogP contribution in [0.1, 0.15) is 61.7 Å². The third-order valence-corrected chi connectivity index (χ3v) is 8.84. The van der Waals surface area contributed by atoms with Crippen molar-refractivity contribution >= 4 is 11.8 Å². The Balaban J connectivity index is 1.07. The SMILES string of the molecule is O=C(CC12CC3CC(CC(C3)C1)C2)N1CCCN(C(=O)c2ccc(-n3cccc3)cc2)CC1. The zero-order chi connectivity index (χ0) is 22.4. The van der Waals surface area contributed by atoms with Crippen LogP contribution in [0.3, 0.4) is 0 Å². The lowest BCUT2D eigenvalue weighted by Gasteiger charge is -2.57. The van der Waals surface area contributed by atoms with Gasteiger partial charge in [-0.05, 0) is 105 Å². The Hall–Kier alpha value is -2.56. The summed E-state index contributed by atoms with van der Waals surface area (Å²) in [7, 11) is 0. The predicted molar refractivity (Wildman–Crippen MR) is 128 cm³/mol. The summed E-state index contributed by atoms with van der Waals surface area (Å²) in [6, 6.07) is 11.8. The molecule has 1 aromatic carbocycles. The molecule has 1 aromatic heterocycles. The van der Waals surface area contributed by atoms with Crippen LogP contribution in [-0.4, -0.2) is 52.4 Å². The number of carbonyl (C=O) groups excluding carboxylic acids is 2. The molecule has 4 saturated carbocycles. The summed E-state index contributed by atoms with van der Waals surface area (Å²) in [4.78, 5) is 30.5. The molecule has 0 atom stereocenters. The standard InChI is InChI=1S/C28H35N3O2/c32-26(20-28-17-21-14-22(18-28)16-23(15-21)19-28)30-10-3-11-31(13-12-30)27(33)24-4-6-25(7-5-24)29-8-1-2-9-29/h1-2,4-9,21-23H,3,10-20H2. The van der Waals surface area contributed by atoms with Crippen LogP contribution in [0, 0.1) is 23.2 Å². The summed E-state index contributed by atoms with van der Waals surface area (Å²) in [5, 5.41) is 0. The number of nitrogens with zero attached hydrogens (tertiary/aromatic N) is 3. The normalized spacial score (nSPS) is 31.0. The highest BCUT2D eigenvalue weighted by atomic mass is 16.2. The molecule has 0 radical (unpaired) electrons. The molecule has 174 valence electrons. The van der Waals surface area contributed by atoms with E-state index in [0.717, 1.165) is 54.9 Å². The topological polar surface area (TPSA) is 45.6 Å². The zero-order valence-corrected chi connectivity index (χ0v) is 19.5. The Morgan fingerprint density at radius 3 is 2.00 bits per heavy atom. The first-order valence-corrected chi connectivity index (χ1v) is 12.9. The van der Waals surface area contributed by atoms with E-state index in [0.29, 0.717) is 19.0 Å². The van der Waals surface area contributed by atoms with E-state index in [-0.39, 0.29) is 11.3 Å². The summed E-state index contributed by atoms with van der Waals surface area (Å²) in [6.07, 6.45) is 13.7. The average Bonchev–Trinajstić information content (AvgIpc) is 3.22. The molecule has 0 N–H and O–H groups in total. The van der Waals surface area contributed by atoms with Gasteiger partial charge in [0.05, 0.1) is 0 Å². The molecule has 5 nitrogen and oxygen atoms in total. The second-order valence-electron chi connectivity index (χ2n) is 11.3. The number of amides is 2. The first-order chi connectivity index (χ1) is 16.1. The molecule has 7 rings (SSSR count). The molecule has 5 aliphatic rings. The van der Waals surface area contributed by atoms with E-state index in [9.17, 15) is 9.59 Å². The molecule has 2 amide bonds. The van der Waals surface area contributed by atoms with Crippen molar-refractivity contribution in [2.75, 3.05) is 26.2 Å². The lowest BCUT2D eigenvalue weighted by atomic mass is 9.49. The smallest absolute Gasteiger partial charge is 0.253 e. The largest absolute Gasteiger partial charge is 0.341 e. The quantitative estimate of drug-likeness (QED) is 0.681. The van der Waals surface area contributed by atoms with Gasteiger partial charge >= 0.3 is 0 Å². The molecule has 4 aliphatic carbocycles. The minimum atomic E-state index is 0.0736. The Morgan fingerprint density at radius 1 is 0.788 bits per heavy atom. The molecule has 0 spiro atoms. The first-order valence-electron chi connectivity index (χ1n) is 12.9. The van der Waals surface area contributed by atoms with Gasteiger partial charge in [0, 0.05) is 56.2 Å². The van der Waals surface area contributed by atoms with Gasteiger partial charge in [-0.25, -0.2) is 0 Å². The van der Waals surface area contributed by atoms with Crippen LogP contribution in [0.25, 0.3) is 5.69 Å². The predicted octanol–water partition coefficient (Wildman–Crippen LogP) is 4.76. The number of hydrogen-bond acceptors (Lipinski definition) is 2. The number of rotatable bonds is 4. The highest BCUT2D eigenvalue weighted by molar-refractivity contribution is 5.94. The third kappa shape index (κ3) is 4.11. The Kier molecular flexibility index (Phi) is 5.31. The molecule has 1 saturated heterocycles. The van der Waals surface area contributed by atoms with Crippen LogP contribution >= 0.6 is 0 Å². The second kappa shape index (κ2) is 8.34. The molecule has 5 heteroatoms. The monoisotopic (exact) mass is 445 g/mol. The first kappa shape index (κ1) is 21.0. The van der Waals surface area contributed by atoms with Crippen molar-refractivity contribution in [1.82, 2.24) is 14.4 Å². The van der Waals surface area contributed by atoms with Gasteiger partial charge in [0.15, 0.2) is 0 Å². The minimum Gasteiger partial charge on any atom is -0.341 e. The van der Waals surface area contributed by atoms with Crippen molar-refractivity contribution in [1.29, 1.82) is 0 Å². The van der Waals surface area contributed by atoms with Gasteiger partial charge in [0.1, 0.15) is 0 Å². The van der Waals surface area contributed by atoms with E-state index in [2.05, 4.69) is 4.90 Å². The molecular formula is C28H35N3O2. The maximum absolute atomic E-state index is 13.4. The summed E-state index contributed by atoms with van der Waals surface area (Å²) < 4.78 is 2.04. The van der Waals surface area contributed by atoms with Crippen molar-refractivity contribution in [2.45, 2.75) is 51.4 Å². The maximum Gasteiger partial charge on any atom is 0.253 e. The fourth-order valence-corrected chi connectivity index (χ4v) is 7.77.